The van der Waals surface area contributed by atoms with Gasteiger partial charge in [0.1, 0.15) is 6.61 Å². The predicted molar refractivity (Wildman–Crippen MR) is 86.4 cm³/mol. The number of ether oxygens (including phenoxy) is 3. The maximum atomic E-state index is 5.77. The van der Waals surface area contributed by atoms with Gasteiger partial charge in [0.2, 0.25) is 0 Å². The third-order valence-corrected chi connectivity index (χ3v) is 3.43. The van der Waals surface area contributed by atoms with Crippen molar-refractivity contribution in [3.8, 4) is 11.5 Å². The molecular formula is C18H19NO3. The Balaban J connectivity index is 1.52. The number of aromatic amines is 1. The zero-order valence-corrected chi connectivity index (χ0v) is 12.5. The van der Waals surface area contributed by atoms with Crippen LogP contribution in [0.15, 0.2) is 54.7 Å². The molecule has 22 heavy (non-hydrogen) atoms. The minimum atomic E-state index is 0.482. The highest BCUT2D eigenvalue weighted by Gasteiger charge is 2.07. The number of hydrogen-bond acceptors (Lipinski definition) is 3. The van der Waals surface area contributed by atoms with E-state index in [9.17, 15) is 0 Å². The lowest BCUT2D eigenvalue weighted by Crippen LogP contribution is -2.07. The van der Waals surface area contributed by atoms with Crippen molar-refractivity contribution in [2.75, 3.05) is 20.3 Å². The quantitative estimate of drug-likeness (QED) is 0.675. The van der Waals surface area contributed by atoms with Crippen LogP contribution in [0, 0.1) is 0 Å². The van der Waals surface area contributed by atoms with E-state index >= 15 is 0 Å². The second-order valence-corrected chi connectivity index (χ2v) is 4.95. The Morgan fingerprint density at radius 3 is 2.64 bits per heavy atom. The van der Waals surface area contributed by atoms with E-state index in [1.165, 1.54) is 0 Å². The standard InChI is InChI=1S/C18H19NO3/c1-20-17-11-15-7-8-19-16(15)12-18(17)22-10-9-21-13-14-5-3-2-4-6-14/h2-8,11-12,19H,9-10,13H2,1H3. The van der Waals surface area contributed by atoms with Crippen molar-refractivity contribution >= 4 is 10.9 Å². The highest BCUT2D eigenvalue weighted by atomic mass is 16.5. The van der Waals surface area contributed by atoms with Crippen LogP contribution in [0.1, 0.15) is 5.56 Å². The number of benzene rings is 2. The van der Waals surface area contributed by atoms with E-state index in [0.29, 0.717) is 19.8 Å². The molecule has 114 valence electrons. The minimum absolute atomic E-state index is 0.482. The SMILES string of the molecule is COc1cc2cc[nH]c2cc1OCCOCc1ccccc1. The van der Waals surface area contributed by atoms with Gasteiger partial charge in [-0.1, -0.05) is 30.3 Å². The Bertz CT molecular complexity index is 722. The van der Waals surface area contributed by atoms with Crippen molar-refractivity contribution in [3.05, 3.63) is 60.3 Å². The molecule has 0 amide bonds. The molecule has 1 N–H and O–H groups in total. The van der Waals surface area contributed by atoms with Crippen molar-refractivity contribution in [1.82, 2.24) is 4.98 Å². The molecule has 4 nitrogen and oxygen atoms in total. The molecule has 0 aliphatic carbocycles. The molecule has 3 rings (SSSR count). The van der Waals surface area contributed by atoms with Crippen LogP contribution in [-0.4, -0.2) is 25.3 Å². The van der Waals surface area contributed by atoms with Crippen LogP contribution in [0.5, 0.6) is 11.5 Å². The fourth-order valence-electron chi connectivity index (χ4n) is 2.31. The van der Waals surface area contributed by atoms with Crippen molar-refractivity contribution < 1.29 is 14.2 Å². The number of hydrogen-bond donors (Lipinski definition) is 1. The summed E-state index contributed by atoms with van der Waals surface area (Å²) in [6.07, 6.45) is 1.90. The largest absolute Gasteiger partial charge is 0.493 e. The lowest BCUT2D eigenvalue weighted by molar-refractivity contribution is 0.0880. The summed E-state index contributed by atoms with van der Waals surface area (Å²) in [4.78, 5) is 3.17. The van der Waals surface area contributed by atoms with Gasteiger partial charge in [0.05, 0.1) is 20.3 Å². The monoisotopic (exact) mass is 297 g/mol. The summed E-state index contributed by atoms with van der Waals surface area (Å²) < 4.78 is 16.8. The molecule has 0 saturated heterocycles. The normalized spacial score (nSPS) is 10.8. The van der Waals surface area contributed by atoms with E-state index in [2.05, 4.69) is 4.98 Å². The number of methoxy groups -OCH3 is 1. The molecule has 2 aromatic carbocycles. The molecule has 1 heterocycles. The molecule has 0 aliphatic heterocycles. The lowest BCUT2D eigenvalue weighted by atomic mass is 10.2. The summed E-state index contributed by atoms with van der Waals surface area (Å²) >= 11 is 0. The summed E-state index contributed by atoms with van der Waals surface area (Å²) in [5.74, 6) is 1.45. The van der Waals surface area contributed by atoms with Gasteiger partial charge in [-0.2, -0.15) is 0 Å². The highest BCUT2D eigenvalue weighted by Crippen LogP contribution is 2.31. The average Bonchev–Trinajstić information content (AvgIpc) is 3.02. The van der Waals surface area contributed by atoms with Crippen LogP contribution in [0.2, 0.25) is 0 Å². The second kappa shape index (κ2) is 7.00. The molecule has 0 saturated carbocycles. The molecule has 0 bridgehead atoms. The van der Waals surface area contributed by atoms with Crippen molar-refractivity contribution in [3.63, 3.8) is 0 Å². The van der Waals surface area contributed by atoms with Gasteiger partial charge < -0.3 is 19.2 Å². The molecule has 0 fully saturated rings. The zero-order chi connectivity index (χ0) is 15.2. The van der Waals surface area contributed by atoms with E-state index in [-0.39, 0.29) is 0 Å². The maximum Gasteiger partial charge on any atom is 0.163 e. The fraction of sp³-hybridized carbons (Fsp3) is 0.222. The third-order valence-electron chi connectivity index (χ3n) is 3.43. The highest BCUT2D eigenvalue weighted by molar-refractivity contribution is 5.83. The van der Waals surface area contributed by atoms with Crippen molar-refractivity contribution in [1.29, 1.82) is 0 Å². The van der Waals surface area contributed by atoms with Gasteiger partial charge in [-0.25, -0.2) is 0 Å². The summed E-state index contributed by atoms with van der Waals surface area (Å²) in [6, 6.07) is 16.0. The van der Waals surface area contributed by atoms with Crippen molar-refractivity contribution in [2.45, 2.75) is 6.61 Å². The number of fused-ring (bicyclic) bond motifs is 1. The lowest BCUT2D eigenvalue weighted by Gasteiger charge is -2.11. The number of rotatable bonds is 7. The van der Waals surface area contributed by atoms with Crippen LogP contribution in [-0.2, 0) is 11.3 Å². The van der Waals surface area contributed by atoms with Crippen LogP contribution in [0.3, 0.4) is 0 Å². The molecule has 1 aromatic heterocycles. The van der Waals surface area contributed by atoms with Gasteiger partial charge >= 0.3 is 0 Å². The van der Waals surface area contributed by atoms with Crippen LogP contribution in [0.4, 0.5) is 0 Å². The van der Waals surface area contributed by atoms with Gasteiger partial charge in [-0.3, -0.25) is 0 Å². The fourth-order valence-corrected chi connectivity index (χ4v) is 2.31. The Labute approximate surface area is 129 Å². The molecule has 0 spiro atoms. The van der Waals surface area contributed by atoms with E-state index in [0.717, 1.165) is 28.0 Å². The first-order valence-corrected chi connectivity index (χ1v) is 7.26. The number of aromatic nitrogens is 1. The molecule has 3 aromatic rings. The van der Waals surface area contributed by atoms with E-state index in [1.54, 1.807) is 7.11 Å². The summed E-state index contributed by atoms with van der Waals surface area (Å²) in [5.41, 5.74) is 2.19. The summed E-state index contributed by atoms with van der Waals surface area (Å²) in [5, 5.41) is 1.10. The van der Waals surface area contributed by atoms with Gasteiger partial charge in [-0.15, -0.1) is 0 Å². The Hall–Kier alpha value is -2.46. The summed E-state index contributed by atoms with van der Waals surface area (Å²) in [7, 11) is 1.65. The summed E-state index contributed by atoms with van der Waals surface area (Å²) in [6.45, 7) is 1.60. The molecule has 0 radical (unpaired) electrons. The van der Waals surface area contributed by atoms with E-state index in [1.807, 2.05) is 54.7 Å². The topological polar surface area (TPSA) is 43.5 Å². The first kappa shape index (κ1) is 14.5. The molecule has 4 heteroatoms. The van der Waals surface area contributed by atoms with Crippen LogP contribution >= 0.6 is 0 Å². The van der Waals surface area contributed by atoms with Gasteiger partial charge in [0.25, 0.3) is 0 Å². The second-order valence-electron chi connectivity index (χ2n) is 4.95. The maximum absolute atomic E-state index is 5.77. The van der Waals surface area contributed by atoms with Crippen LogP contribution < -0.4 is 9.47 Å². The Morgan fingerprint density at radius 2 is 1.82 bits per heavy atom. The average molecular weight is 297 g/mol. The molecule has 0 unspecified atom stereocenters. The van der Waals surface area contributed by atoms with Gasteiger partial charge in [-0.05, 0) is 17.7 Å². The smallest absolute Gasteiger partial charge is 0.163 e. The third kappa shape index (κ3) is 3.40. The number of nitrogens with one attached hydrogen (secondary N) is 1. The molecule has 0 atom stereocenters. The first-order valence-electron chi connectivity index (χ1n) is 7.26. The molecule has 0 aliphatic rings. The van der Waals surface area contributed by atoms with Gasteiger partial charge in [0.15, 0.2) is 11.5 Å². The van der Waals surface area contributed by atoms with E-state index < -0.39 is 0 Å². The molecular weight excluding hydrogens is 278 g/mol. The Morgan fingerprint density at radius 1 is 0.955 bits per heavy atom. The predicted octanol–water partition coefficient (Wildman–Crippen LogP) is 3.77. The van der Waals surface area contributed by atoms with Gasteiger partial charge in [0, 0.05) is 23.2 Å². The minimum Gasteiger partial charge on any atom is -0.493 e. The number of H-pyrrole nitrogens is 1. The van der Waals surface area contributed by atoms with Crippen LogP contribution in [0.25, 0.3) is 10.9 Å². The van der Waals surface area contributed by atoms with E-state index in [4.69, 9.17) is 14.2 Å². The first-order chi connectivity index (χ1) is 10.9. The van der Waals surface area contributed by atoms with Crippen molar-refractivity contribution in [2.24, 2.45) is 0 Å². The Kier molecular flexibility index (Phi) is 4.61. The zero-order valence-electron chi connectivity index (χ0n) is 12.5.